The molecule has 2 N–H and O–H groups in total. The normalized spacial score (nSPS) is 12.0. The Kier molecular flexibility index (Phi) is 1.62. The van der Waals surface area contributed by atoms with Crippen molar-refractivity contribution in [2.75, 3.05) is 5.73 Å². The van der Waals surface area contributed by atoms with E-state index in [1.165, 1.54) is 0 Å². The molecule has 1 rings (SSSR count). The fourth-order valence-corrected chi connectivity index (χ4v) is 0.780. The lowest BCUT2D eigenvalue weighted by molar-refractivity contribution is 0.388. The van der Waals surface area contributed by atoms with Crippen molar-refractivity contribution in [2.24, 2.45) is 0 Å². The fraction of sp³-hybridized carbons (Fsp3) is 0.571. The number of nitrogen functional groups attached to an aromatic ring is 1. The molecule has 0 aliphatic rings. The molecule has 1 aromatic heterocycles. The quantitative estimate of drug-likeness (QED) is 0.625. The van der Waals surface area contributed by atoms with Gasteiger partial charge in [0, 0.05) is 5.41 Å². The van der Waals surface area contributed by atoms with Gasteiger partial charge in [0.05, 0.1) is 0 Å². The lowest BCUT2D eigenvalue weighted by Gasteiger charge is -2.12. The minimum absolute atomic E-state index is 0.118. The minimum Gasteiger partial charge on any atom is -0.425 e. The van der Waals surface area contributed by atoms with Gasteiger partial charge in [0.25, 0.3) is 12.0 Å². The maximum absolute atomic E-state index is 12.8. The molecular formula is C7H11FN2O. The van der Waals surface area contributed by atoms with Gasteiger partial charge < -0.3 is 10.2 Å². The van der Waals surface area contributed by atoms with Gasteiger partial charge in [-0.3, -0.25) is 0 Å². The molecule has 0 fully saturated rings. The molecule has 0 spiro atoms. The molecule has 0 aromatic carbocycles. The molecule has 11 heavy (non-hydrogen) atoms. The van der Waals surface area contributed by atoms with Gasteiger partial charge in [-0.05, 0) is 0 Å². The summed E-state index contributed by atoms with van der Waals surface area (Å²) < 4.78 is 17.7. The molecule has 0 amide bonds. The maximum Gasteiger partial charge on any atom is 0.294 e. The van der Waals surface area contributed by atoms with Gasteiger partial charge in [-0.15, -0.1) is 0 Å². The van der Waals surface area contributed by atoms with Gasteiger partial charge in [0.1, 0.15) is 0 Å². The second kappa shape index (κ2) is 2.22. The lowest BCUT2D eigenvalue weighted by Crippen LogP contribution is -2.11. The van der Waals surface area contributed by atoms with Crippen molar-refractivity contribution in [1.29, 1.82) is 0 Å². The average molecular weight is 158 g/mol. The molecule has 0 aliphatic heterocycles. The number of anilines is 1. The van der Waals surface area contributed by atoms with Gasteiger partial charge in [-0.25, -0.2) is 0 Å². The van der Waals surface area contributed by atoms with E-state index in [1.54, 1.807) is 0 Å². The van der Waals surface area contributed by atoms with E-state index in [4.69, 9.17) is 10.2 Å². The van der Waals surface area contributed by atoms with Crippen LogP contribution < -0.4 is 5.73 Å². The molecule has 0 aliphatic carbocycles. The molecule has 0 radical (unpaired) electrons. The Morgan fingerprint density at radius 3 is 2.18 bits per heavy atom. The number of oxazole rings is 1. The number of nitrogens with two attached hydrogens (primary N) is 1. The number of halogens is 1. The fourth-order valence-electron chi connectivity index (χ4n) is 0.780. The van der Waals surface area contributed by atoms with Crippen molar-refractivity contribution >= 4 is 6.01 Å². The molecule has 4 heteroatoms. The van der Waals surface area contributed by atoms with Crippen LogP contribution in [0.5, 0.6) is 0 Å². The molecule has 0 saturated carbocycles. The largest absolute Gasteiger partial charge is 0.425 e. The van der Waals surface area contributed by atoms with E-state index in [-0.39, 0.29) is 17.2 Å². The number of hydrogen-bond donors (Lipinski definition) is 1. The molecule has 3 nitrogen and oxygen atoms in total. The van der Waals surface area contributed by atoms with E-state index >= 15 is 0 Å². The third-order valence-corrected chi connectivity index (χ3v) is 1.28. The van der Waals surface area contributed by atoms with Crippen LogP contribution in [0.25, 0.3) is 0 Å². The highest BCUT2D eigenvalue weighted by Crippen LogP contribution is 2.26. The summed E-state index contributed by atoms with van der Waals surface area (Å²) in [6.45, 7) is 5.49. The third-order valence-electron chi connectivity index (χ3n) is 1.28. The average Bonchev–Trinajstić information content (AvgIpc) is 2.08. The Morgan fingerprint density at radius 2 is 2.00 bits per heavy atom. The van der Waals surface area contributed by atoms with E-state index < -0.39 is 5.95 Å². The van der Waals surface area contributed by atoms with Gasteiger partial charge >= 0.3 is 0 Å². The first-order valence-corrected chi connectivity index (χ1v) is 3.33. The summed E-state index contributed by atoms with van der Waals surface area (Å²) in [4.78, 5) is 3.32. The van der Waals surface area contributed by atoms with Gasteiger partial charge in [-0.1, -0.05) is 20.8 Å². The molecular weight excluding hydrogens is 147 g/mol. The Hall–Kier alpha value is -1.06. The van der Waals surface area contributed by atoms with Crippen LogP contribution in [-0.4, -0.2) is 4.98 Å². The Balaban J connectivity index is 3.13. The molecule has 62 valence electrons. The smallest absolute Gasteiger partial charge is 0.294 e. The van der Waals surface area contributed by atoms with E-state index in [0.29, 0.717) is 0 Å². The van der Waals surface area contributed by atoms with Gasteiger partial charge in [0.15, 0.2) is 5.76 Å². The van der Waals surface area contributed by atoms with Crippen LogP contribution in [-0.2, 0) is 5.41 Å². The molecule has 0 bridgehead atoms. The van der Waals surface area contributed by atoms with Crippen molar-refractivity contribution in [3.05, 3.63) is 11.7 Å². The predicted molar refractivity (Wildman–Crippen MR) is 39.6 cm³/mol. The van der Waals surface area contributed by atoms with Crippen LogP contribution in [0.1, 0.15) is 26.5 Å². The Bertz CT molecular complexity index is 262. The summed E-state index contributed by atoms with van der Waals surface area (Å²) >= 11 is 0. The molecule has 0 saturated heterocycles. The zero-order valence-electron chi connectivity index (χ0n) is 6.81. The summed E-state index contributed by atoms with van der Waals surface area (Å²) in [6, 6.07) is -0.118. The van der Waals surface area contributed by atoms with Crippen LogP contribution in [0.2, 0.25) is 0 Å². The van der Waals surface area contributed by atoms with E-state index in [2.05, 4.69) is 4.98 Å². The lowest BCUT2D eigenvalue weighted by atomic mass is 9.94. The second-order valence-electron chi connectivity index (χ2n) is 3.42. The SMILES string of the molecule is CC(C)(C)c1oc(N)nc1F. The molecule has 0 unspecified atom stereocenters. The van der Waals surface area contributed by atoms with Crippen molar-refractivity contribution in [2.45, 2.75) is 26.2 Å². The molecule has 1 aromatic rings. The highest BCUT2D eigenvalue weighted by Gasteiger charge is 2.24. The van der Waals surface area contributed by atoms with Crippen LogP contribution in [0, 0.1) is 5.95 Å². The highest BCUT2D eigenvalue weighted by molar-refractivity contribution is 5.17. The Morgan fingerprint density at radius 1 is 1.45 bits per heavy atom. The maximum atomic E-state index is 12.8. The van der Waals surface area contributed by atoms with Crippen molar-refractivity contribution < 1.29 is 8.81 Å². The van der Waals surface area contributed by atoms with Crippen molar-refractivity contribution in [3.63, 3.8) is 0 Å². The van der Waals surface area contributed by atoms with Crippen molar-refractivity contribution in [1.82, 2.24) is 4.98 Å². The Labute approximate surface area is 64.4 Å². The molecule has 1 heterocycles. The number of hydrogen-bond acceptors (Lipinski definition) is 3. The first-order valence-electron chi connectivity index (χ1n) is 3.33. The molecule has 0 atom stereocenters. The predicted octanol–water partition coefficient (Wildman–Crippen LogP) is 1.69. The number of aromatic nitrogens is 1. The summed E-state index contributed by atoms with van der Waals surface area (Å²) in [6.07, 6.45) is 0. The summed E-state index contributed by atoms with van der Waals surface area (Å²) in [5.41, 5.74) is 4.78. The monoisotopic (exact) mass is 158 g/mol. The standard InChI is InChI=1S/C7H11FN2O/c1-7(2,3)4-5(8)10-6(9)11-4/h1-3H3,(H2,9,10). The number of rotatable bonds is 0. The van der Waals surface area contributed by atoms with Crippen LogP contribution in [0.4, 0.5) is 10.4 Å². The van der Waals surface area contributed by atoms with Crippen LogP contribution in [0.3, 0.4) is 0 Å². The zero-order chi connectivity index (χ0) is 8.65. The van der Waals surface area contributed by atoms with Crippen molar-refractivity contribution in [3.8, 4) is 0 Å². The first-order chi connectivity index (χ1) is 4.91. The van der Waals surface area contributed by atoms with E-state index in [1.807, 2.05) is 20.8 Å². The summed E-state index contributed by atoms with van der Waals surface area (Å²) in [7, 11) is 0. The van der Waals surface area contributed by atoms with Gasteiger partial charge in [-0.2, -0.15) is 9.37 Å². The topological polar surface area (TPSA) is 52.0 Å². The second-order valence-corrected chi connectivity index (χ2v) is 3.42. The van der Waals surface area contributed by atoms with Crippen LogP contribution in [0.15, 0.2) is 4.42 Å². The summed E-state index contributed by atoms with van der Waals surface area (Å²) in [5.74, 6) is -0.412. The third kappa shape index (κ3) is 1.50. The number of nitrogens with zero attached hydrogens (tertiary/aromatic N) is 1. The summed E-state index contributed by atoms with van der Waals surface area (Å²) in [5, 5.41) is 0. The zero-order valence-corrected chi connectivity index (χ0v) is 6.81. The van der Waals surface area contributed by atoms with E-state index in [9.17, 15) is 4.39 Å². The van der Waals surface area contributed by atoms with Crippen LogP contribution >= 0.6 is 0 Å². The van der Waals surface area contributed by atoms with E-state index in [0.717, 1.165) is 0 Å². The van der Waals surface area contributed by atoms with Gasteiger partial charge in [0.2, 0.25) is 0 Å². The highest BCUT2D eigenvalue weighted by atomic mass is 19.1. The first kappa shape index (κ1) is 8.04. The minimum atomic E-state index is -0.616.